The van der Waals surface area contributed by atoms with Crippen molar-refractivity contribution in [3.05, 3.63) is 71.8 Å². The Hall–Kier alpha value is -1.68. The molecule has 0 amide bonds. The van der Waals surface area contributed by atoms with Crippen molar-refractivity contribution < 1.29 is 9.84 Å². The van der Waals surface area contributed by atoms with E-state index in [2.05, 4.69) is 24.4 Å². The highest BCUT2D eigenvalue weighted by atomic mass is 16.5. The van der Waals surface area contributed by atoms with Gasteiger partial charge in [-0.25, -0.2) is 0 Å². The summed E-state index contributed by atoms with van der Waals surface area (Å²) in [5, 5.41) is 12.9. The zero-order valence-corrected chi connectivity index (χ0v) is 12.4. The summed E-state index contributed by atoms with van der Waals surface area (Å²) in [6, 6.07) is 20.4. The Morgan fingerprint density at radius 1 is 1.00 bits per heavy atom. The first-order valence-corrected chi connectivity index (χ1v) is 7.33. The normalized spacial score (nSPS) is 13.8. The molecule has 2 aromatic carbocycles. The van der Waals surface area contributed by atoms with Crippen LogP contribution in [0.2, 0.25) is 0 Å². The van der Waals surface area contributed by atoms with Crippen molar-refractivity contribution in [3.8, 4) is 0 Å². The Labute approximate surface area is 126 Å². The number of benzene rings is 2. The predicted molar refractivity (Wildman–Crippen MR) is 85.0 cm³/mol. The Morgan fingerprint density at radius 2 is 1.62 bits per heavy atom. The predicted octanol–water partition coefficient (Wildman–Crippen LogP) is 2.91. The van der Waals surface area contributed by atoms with Gasteiger partial charge in [0, 0.05) is 6.04 Å². The van der Waals surface area contributed by atoms with Crippen LogP contribution in [0.3, 0.4) is 0 Å². The minimum absolute atomic E-state index is 0.0615. The van der Waals surface area contributed by atoms with Gasteiger partial charge in [-0.05, 0) is 18.1 Å². The standard InChI is InChI=1S/C18H23NO2/c1-15(17-10-6-3-7-11-17)19-18(12-20)14-21-13-16-8-4-2-5-9-16/h2-11,15,18-20H,12-14H2,1H3/t15-,18-/m0/s1. The fourth-order valence-corrected chi connectivity index (χ4v) is 2.24. The molecule has 0 fully saturated rings. The van der Waals surface area contributed by atoms with Gasteiger partial charge in [0.1, 0.15) is 0 Å². The maximum absolute atomic E-state index is 9.48. The molecule has 0 saturated heterocycles. The van der Waals surface area contributed by atoms with Crippen molar-refractivity contribution in [2.45, 2.75) is 25.6 Å². The molecular weight excluding hydrogens is 262 g/mol. The molecule has 0 aromatic heterocycles. The van der Waals surface area contributed by atoms with Gasteiger partial charge >= 0.3 is 0 Å². The summed E-state index contributed by atoms with van der Waals surface area (Å²) in [4.78, 5) is 0. The summed E-state index contributed by atoms with van der Waals surface area (Å²) in [5.74, 6) is 0. The fraction of sp³-hybridized carbons (Fsp3) is 0.333. The molecule has 112 valence electrons. The summed E-state index contributed by atoms with van der Waals surface area (Å²) in [5.41, 5.74) is 2.35. The first-order valence-electron chi connectivity index (χ1n) is 7.33. The quantitative estimate of drug-likeness (QED) is 0.783. The van der Waals surface area contributed by atoms with E-state index in [9.17, 15) is 5.11 Å². The number of ether oxygens (including phenoxy) is 1. The molecule has 2 atom stereocenters. The number of rotatable bonds is 8. The smallest absolute Gasteiger partial charge is 0.0717 e. The Kier molecular flexibility index (Phi) is 6.41. The fourth-order valence-electron chi connectivity index (χ4n) is 2.24. The lowest BCUT2D eigenvalue weighted by atomic mass is 10.1. The monoisotopic (exact) mass is 285 g/mol. The SMILES string of the molecule is C[C@H](N[C@@H](CO)COCc1ccccc1)c1ccccc1. The van der Waals surface area contributed by atoms with Crippen LogP contribution in [0.25, 0.3) is 0 Å². The molecule has 0 radical (unpaired) electrons. The van der Waals surface area contributed by atoms with Crippen LogP contribution in [-0.2, 0) is 11.3 Å². The van der Waals surface area contributed by atoms with Gasteiger partial charge in [-0.1, -0.05) is 60.7 Å². The average Bonchev–Trinajstić information content (AvgIpc) is 2.55. The van der Waals surface area contributed by atoms with Crippen LogP contribution in [0.5, 0.6) is 0 Å². The van der Waals surface area contributed by atoms with E-state index in [1.54, 1.807) is 0 Å². The molecule has 0 aliphatic heterocycles. The molecule has 0 bridgehead atoms. The van der Waals surface area contributed by atoms with Crippen LogP contribution in [0, 0.1) is 0 Å². The van der Waals surface area contributed by atoms with Crippen LogP contribution in [0.15, 0.2) is 60.7 Å². The first kappa shape index (κ1) is 15.7. The first-order chi connectivity index (χ1) is 10.3. The molecular formula is C18H23NO2. The lowest BCUT2D eigenvalue weighted by molar-refractivity contribution is 0.0748. The van der Waals surface area contributed by atoms with Gasteiger partial charge in [0.15, 0.2) is 0 Å². The van der Waals surface area contributed by atoms with Crippen LogP contribution in [-0.4, -0.2) is 24.4 Å². The van der Waals surface area contributed by atoms with E-state index in [0.717, 1.165) is 5.56 Å². The maximum Gasteiger partial charge on any atom is 0.0717 e. The van der Waals surface area contributed by atoms with Gasteiger partial charge in [-0.3, -0.25) is 0 Å². The second-order valence-electron chi connectivity index (χ2n) is 5.18. The van der Waals surface area contributed by atoms with Crippen molar-refractivity contribution in [3.63, 3.8) is 0 Å². The van der Waals surface area contributed by atoms with Crippen molar-refractivity contribution >= 4 is 0 Å². The molecule has 21 heavy (non-hydrogen) atoms. The Balaban J connectivity index is 1.78. The molecule has 3 heteroatoms. The van der Waals surface area contributed by atoms with Crippen molar-refractivity contribution in [2.24, 2.45) is 0 Å². The molecule has 0 saturated carbocycles. The molecule has 0 spiro atoms. The van der Waals surface area contributed by atoms with E-state index in [1.165, 1.54) is 5.56 Å². The van der Waals surface area contributed by atoms with Gasteiger partial charge in [0.05, 0.1) is 25.9 Å². The maximum atomic E-state index is 9.48. The molecule has 0 aliphatic rings. The molecule has 2 aromatic rings. The highest BCUT2D eigenvalue weighted by molar-refractivity contribution is 5.18. The number of aliphatic hydroxyl groups is 1. The second kappa shape index (κ2) is 8.57. The minimum atomic E-state index is -0.0658. The average molecular weight is 285 g/mol. The number of hydrogen-bond donors (Lipinski definition) is 2. The molecule has 2 rings (SSSR count). The van der Waals surface area contributed by atoms with E-state index in [0.29, 0.717) is 13.2 Å². The highest BCUT2D eigenvalue weighted by Crippen LogP contribution is 2.12. The van der Waals surface area contributed by atoms with E-state index in [-0.39, 0.29) is 18.7 Å². The summed E-state index contributed by atoms with van der Waals surface area (Å²) < 4.78 is 5.69. The van der Waals surface area contributed by atoms with Crippen LogP contribution in [0.1, 0.15) is 24.1 Å². The van der Waals surface area contributed by atoms with Gasteiger partial charge in [-0.15, -0.1) is 0 Å². The van der Waals surface area contributed by atoms with Crippen LogP contribution >= 0.6 is 0 Å². The third-order valence-electron chi connectivity index (χ3n) is 3.44. The molecule has 3 nitrogen and oxygen atoms in total. The summed E-state index contributed by atoms with van der Waals surface area (Å²) in [7, 11) is 0. The third kappa shape index (κ3) is 5.31. The number of aliphatic hydroxyl groups excluding tert-OH is 1. The van der Waals surface area contributed by atoms with Crippen molar-refractivity contribution in [1.82, 2.24) is 5.32 Å². The molecule has 0 heterocycles. The van der Waals surface area contributed by atoms with Gasteiger partial charge in [-0.2, -0.15) is 0 Å². The molecule has 0 unspecified atom stereocenters. The van der Waals surface area contributed by atoms with Gasteiger partial charge in [0.2, 0.25) is 0 Å². The van der Waals surface area contributed by atoms with Crippen molar-refractivity contribution in [1.29, 1.82) is 0 Å². The zero-order valence-electron chi connectivity index (χ0n) is 12.4. The zero-order chi connectivity index (χ0) is 14.9. The topological polar surface area (TPSA) is 41.5 Å². The third-order valence-corrected chi connectivity index (χ3v) is 3.44. The van der Waals surface area contributed by atoms with E-state index in [4.69, 9.17) is 4.74 Å². The summed E-state index contributed by atoms with van der Waals surface area (Å²) in [6.07, 6.45) is 0. The number of nitrogens with one attached hydrogen (secondary N) is 1. The Morgan fingerprint density at radius 3 is 2.24 bits per heavy atom. The summed E-state index contributed by atoms with van der Waals surface area (Å²) >= 11 is 0. The number of hydrogen-bond acceptors (Lipinski definition) is 3. The van der Waals surface area contributed by atoms with Gasteiger partial charge in [0.25, 0.3) is 0 Å². The van der Waals surface area contributed by atoms with Crippen LogP contribution in [0.4, 0.5) is 0 Å². The lowest BCUT2D eigenvalue weighted by Gasteiger charge is -2.22. The Bertz CT molecular complexity index is 501. The van der Waals surface area contributed by atoms with Crippen molar-refractivity contribution in [2.75, 3.05) is 13.2 Å². The minimum Gasteiger partial charge on any atom is -0.395 e. The lowest BCUT2D eigenvalue weighted by Crippen LogP contribution is -2.38. The largest absolute Gasteiger partial charge is 0.395 e. The van der Waals surface area contributed by atoms with Gasteiger partial charge < -0.3 is 15.2 Å². The van der Waals surface area contributed by atoms with Crippen LogP contribution < -0.4 is 5.32 Å². The highest BCUT2D eigenvalue weighted by Gasteiger charge is 2.12. The summed E-state index contributed by atoms with van der Waals surface area (Å²) in [6.45, 7) is 3.21. The molecule has 0 aliphatic carbocycles. The molecule has 2 N–H and O–H groups in total. The van der Waals surface area contributed by atoms with E-state index < -0.39 is 0 Å². The van der Waals surface area contributed by atoms with E-state index >= 15 is 0 Å². The second-order valence-corrected chi connectivity index (χ2v) is 5.18. The van der Waals surface area contributed by atoms with E-state index in [1.807, 2.05) is 48.5 Å².